The van der Waals surface area contributed by atoms with Crippen LogP contribution in [-0.2, 0) is 27.8 Å². The molecule has 0 aliphatic carbocycles. The number of amides is 2. The summed E-state index contributed by atoms with van der Waals surface area (Å²) in [6.45, 7) is 3.40. The number of unbranched alkanes of at least 4 members (excludes halogenated alkanes) is 2. The monoisotopic (exact) mass is 490 g/mol. The Hall–Kier alpha value is -3.48. The maximum Gasteiger partial charge on any atom is 0.245 e. The molecule has 2 heterocycles. The molecule has 2 aromatic carbocycles. The predicted octanol–water partition coefficient (Wildman–Crippen LogP) is 4.57. The molecule has 1 saturated heterocycles. The third kappa shape index (κ3) is 6.20. The lowest BCUT2D eigenvalue weighted by Gasteiger charge is -2.52. The number of aromatic nitrogens is 2. The summed E-state index contributed by atoms with van der Waals surface area (Å²) in [6.07, 6.45) is 8.53. The molecular formula is C29H35FN4O2. The van der Waals surface area contributed by atoms with Gasteiger partial charge < -0.3 is 15.2 Å². The SMILES string of the molecule is CCCCCC1(c2ccccc2)CN(C(=O)[C@@H](Cc2ccccc2F)NC(=O)CCc2c[nH]cn2)C1. The van der Waals surface area contributed by atoms with E-state index in [0.717, 1.165) is 31.4 Å². The third-order valence-electron chi connectivity index (χ3n) is 7.12. The highest BCUT2D eigenvalue weighted by atomic mass is 19.1. The van der Waals surface area contributed by atoms with Crippen molar-refractivity contribution >= 4 is 11.8 Å². The second-order valence-electron chi connectivity index (χ2n) is 9.77. The summed E-state index contributed by atoms with van der Waals surface area (Å²) in [5.74, 6) is -0.776. The molecule has 0 unspecified atom stereocenters. The molecule has 1 fully saturated rings. The van der Waals surface area contributed by atoms with Gasteiger partial charge in [0, 0.05) is 37.5 Å². The zero-order valence-corrected chi connectivity index (χ0v) is 20.9. The predicted molar refractivity (Wildman–Crippen MR) is 138 cm³/mol. The van der Waals surface area contributed by atoms with E-state index in [0.29, 0.717) is 25.1 Å². The summed E-state index contributed by atoms with van der Waals surface area (Å²) in [7, 11) is 0. The second-order valence-corrected chi connectivity index (χ2v) is 9.77. The first kappa shape index (κ1) is 25.6. The van der Waals surface area contributed by atoms with Crippen molar-refractivity contribution in [2.75, 3.05) is 13.1 Å². The van der Waals surface area contributed by atoms with Gasteiger partial charge in [0.15, 0.2) is 0 Å². The van der Waals surface area contributed by atoms with Crippen LogP contribution in [0.4, 0.5) is 4.39 Å². The van der Waals surface area contributed by atoms with E-state index < -0.39 is 6.04 Å². The van der Waals surface area contributed by atoms with Gasteiger partial charge in [0.1, 0.15) is 11.9 Å². The van der Waals surface area contributed by atoms with E-state index in [9.17, 15) is 14.0 Å². The Morgan fingerprint density at radius 1 is 1.11 bits per heavy atom. The Labute approximate surface area is 212 Å². The molecular weight excluding hydrogens is 455 g/mol. The number of aromatic amines is 1. The Morgan fingerprint density at radius 3 is 2.56 bits per heavy atom. The fraction of sp³-hybridized carbons (Fsp3) is 0.414. The quantitative estimate of drug-likeness (QED) is 0.365. The van der Waals surface area contributed by atoms with Crippen LogP contribution in [0.25, 0.3) is 0 Å². The zero-order chi connectivity index (χ0) is 25.4. The van der Waals surface area contributed by atoms with E-state index in [2.05, 4.69) is 34.3 Å². The molecule has 2 amide bonds. The van der Waals surface area contributed by atoms with E-state index in [1.807, 2.05) is 23.1 Å². The van der Waals surface area contributed by atoms with Crippen molar-refractivity contribution in [2.45, 2.75) is 63.3 Å². The fourth-order valence-electron chi connectivity index (χ4n) is 5.07. The molecule has 0 spiro atoms. The molecule has 2 N–H and O–H groups in total. The molecule has 0 radical (unpaired) electrons. The number of hydrogen-bond acceptors (Lipinski definition) is 3. The van der Waals surface area contributed by atoms with Crippen LogP contribution in [0, 0.1) is 5.82 Å². The van der Waals surface area contributed by atoms with Crippen molar-refractivity contribution in [3.8, 4) is 0 Å². The summed E-state index contributed by atoms with van der Waals surface area (Å²) in [6, 6.07) is 16.0. The van der Waals surface area contributed by atoms with Crippen LogP contribution in [0.5, 0.6) is 0 Å². The minimum atomic E-state index is -0.821. The lowest BCUT2D eigenvalue weighted by Crippen LogP contribution is -2.65. The first-order valence-corrected chi connectivity index (χ1v) is 12.9. The number of likely N-dealkylation sites (tertiary alicyclic amines) is 1. The van der Waals surface area contributed by atoms with Crippen LogP contribution in [0.3, 0.4) is 0 Å². The van der Waals surface area contributed by atoms with Crippen molar-refractivity contribution in [1.82, 2.24) is 20.2 Å². The topological polar surface area (TPSA) is 78.1 Å². The average Bonchev–Trinajstić information content (AvgIpc) is 3.39. The first-order chi connectivity index (χ1) is 17.5. The number of hydrogen-bond donors (Lipinski definition) is 2. The van der Waals surface area contributed by atoms with Crippen LogP contribution < -0.4 is 5.32 Å². The van der Waals surface area contributed by atoms with Crippen LogP contribution in [0.15, 0.2) is 67.1 Å². The molecule has 1 aliphatic rings. The van der Waals surface area contributed by atoms with Gasteiger partial charge in [0.05, 0.1) is 12.0 Å². The largest absolute Gasteiger partial charge is 0.351 e. The maximum atomic E-state index is 14.4. The van der Waals surface area contributed by atoms with Gasteiger partial charge >= 0.3 is 0 Å². The number of nitrogens with zero attached hydrogens (tertiary/aromatic N) is 2. The minimum Gasteiger partial charge on any atom is -0.351 e. The highest BCUT2D eigenvalue weighted by Crippen LogP contribution is 2.39. The van der Waals surface area contributed by atoms with Crippen LogP contribution in [-0.4, -0.2) is 45.8 Å². The molecule has 36 heavy (non-hydrogen) atoms. The summed E-state index contributed by atoms with van der Waals surface area (Å²) < 4.78 is 14.4. The third-order valence-corrected chi connectivity index (χ3v) is 7.12. The molecule has 3 aromatic rings. The zero-order valence-electron chi connectivity index (χ0n) is 20.9. The summed E-state index contributed by atoms with van der Waals surface area (Å²) >= 11 is 0. The molecule has 6 nitrogen and oxygen atoms in total. The van der Waals surface area contributed by atoms with Crippen LogP contribution in [0.2, 0.25) is 0 Å². The number of nitrogens with one attached hydrogen (secondary N) is 2. The second kappa shape index (κ2) is 12.0. The van der Waals surface area contributed by atoms with E-state index in [-0.39, 0.29) is 35.9 Å². The fourth-order valence-corrected chi connectivity index (χ4v) is 5.07. The highest BCUT2D eigenvalue weighted by molar-refractivity contribution is 5.88. The molecule has 0 bridgehead atoms. The number of H-pyrrole nitrogens is 1. The van der Waals surface area contributed by atoms with Gasteiger partial charge in [-0.05, 0) is 30.0 Å². The standard InChI is InChI=1S/C29H35FN4O2/c1-2-3-9-16-29(23-11-5-4-6-12-23)19-34(20-29)28(36)26(17-22-10-7-8-13-25(22)30)33-27(35)15-14-24-18-31-21-32-24/h4-8,10-13,18,21,26H,2-3,9,14-17,19-20H2,1H3,(H,31,32)(H,33,35)/t26-/m1/s1. The maximum absolute atomic E-state index is 14.4. The molecule has 1 aliphatic heterocycles. The van der Waals surface area contributed by atoms with E-state index >= 15 is 0 Å². The Bertz CT molecular complexity index is 1130. The summed E-state index contributed by atoms with van der Waals surface area (Å²) in [5, 5.41) is 2.89. The smallest absolute Gasteiger partial charge is 0.245 e. The van der Waals surface area contributed by atoms with Crippen molar-refractivity contribution in [3.63, 3.8) is 0 Å². The van der Waals surface area contributed by atoms with E-state index in [1.165, 1.54) is 11.6 Å². The molecule has 0 saturated carbocycles. The number of carbonyl (C=O) groups excluding carboxylic acids is 2. The normalized spacial score (nSPS) is 15.2. The highest BCUT2D eigenvalue weighted by Gasteiger charge is 2.47. The lowest BCUT2D eigenvalue weighted by molar-refractivity contribution is -0.143. The number of benzene rings is 2. The first-order valence-electron chi connectivity index (χ1n) is 12.9. The Kier molecular flexibility index (Phi) is 8.52. The average molecular weight is 491 g/mol. The number of halogens is 1. The van der Waals surface area contributed by atoms with Crippen molar-refractivity contribution < 1.29 is 14.0 Å². The van der Waals surface area contributed by atoms with Gasteiger partial charge in [-0.25, -0.2) is 9.37 Å². The molecule has 4 rings (SSSR count). The number of imidazole rings is 1. The number of carbonyl (C=O) groups is 2. The molecule has 1 atom stereocenters. The summed E-state index contributed by atoms with van der Waals surface area (Å²) in [5.41, 5.74) is 2.38. The van der Waals surface area contributed by atoms with Crippen molar-refractivity contribution in [3.05, 3.63) is 89.8 Å². The van der Waals surface area contributed by atoms with E-state index in [4.69, 9.17) is 0 Å². The van der Waals surface area contributed by atoms with Crippen molar-refractivity contribution in [2.24, 2.45) is 0 Å². The molecule has 7 heteroatoms. The van der Waals surface area contributed by atoms with Crippen LogP contribution >= 0.6 is 0 Å². The van der Waals surface area contributed by atoms with Gasteiger partial charge in [-0.2, -0.15) is 0 Å². The lowest BCUT2D eigenvalue weighted by atomic mass is 9.70. The van der Waals surface area contributed by atoms with Gasteiger partial charge in [-0.3, -0.25) is 9.59 Å². The van der Waals surface area contributed by atoms with Gasteiger partial charge in [0.2, 0.25) is 11.8 Å². The molecule has 1 aromatic heterocycles. The minimum absolute atomic E-state index is 0.0708. The van der Waals surface area contributed by atoms with Gasteiger partial charge in [-0.15, -0.1) is 0 Å². The number of aryl methyl sites for hydroxylation is 1. The Morgan fingerprint density at radius 2 is 1.86 bits per heavy atom. The van der Waals surface area contributed by atoms with E-state index in [1.54, 1.807) is 30.7 Å². The van der Waals surface area contributed by atoms with Crippen molar-refractivity contribution in [1.29, 1.82) is 0 Å². The molecule has 190 valence electrons. The summed E-state index contributed by atoms with van der Waals surface area (Å²) in [4.78, 5) is 35.2. The van der Waals surface area contributed by atoms with Gasteiger partial charge in [-0.1, -0.05) is 74.7 Å². The number of rotatable bonds is 12. The van der Waals surface area contributed by atoms with Crippen LogP contribution in [0.1, 0.15) is 55.8 Å². The van der Waals surface area contributed by atoms with Gasteiger partial charge in [0.25, 0.3) is 0 Å². The Balaban J connectivity index is 1.47.